The van der Waals surface area contributed by atoms with Crippen molar-refractivity contribution in [3.05, 3.63) is 40.6 Å². The maximum atomic E-state index is 12.0. The SMILES string of the molecule is COc1cc(CC(=O)Nc2n[nH]c(C)c2C)ccc1C. The van der Waals surface area contributed by atoms with Crippen molar-refractivity contribution in [3.63, 3.8) is 0 Å². The van der Waals surface area contributed by atoms with E-state index in [2.05, 4.69) is 15.5 Å². The Balaban J connectivity index is 2.06. The predicted molar refractivity (Wildman–Crippen MR) is 78.1 cm³/mol. The number of aromatic nitrogens is 2. The molecule has 0 atom stereocenters. The van der Waals surface area contributed by atoms with Gasteiger partial charge in [-0.3, -0.25) is 9.89 Å². The third-order valence-corrected chi connectivity index (χ3v) is 3.35. The molecule has 0 unspecified atom stereocenters. The number of hydrogen-bond acceptors (Lipinski definition) is 3. The number of amides is 1. The number of carbonyl (C=O) groups is 1. The van der Waals surface area contributed by atoms with E-state index in [-0.39, 0.29) is 5.91 Å². The number of hydrogen-bond donors (Lipinski definition) is 2. The Morgan fingerprint density at radius 1 is 1.35 bits per heavy atom. The maximum Gasteiger partial charge on any atom is 0.230 e. The summed E-state index contributed by atoms with van der Waals surface area (Å²) in [4.78, 5) is 12.0. The number of H-pyrrole nitrogens is 1. The van der Waals surface area contributed by atoms with Gasteiger partial charge in [-0.05, 0) is 38.0 Å². The molecule has 20 heavy (non-hydrogen) atoms. The minimum Gasteiger partial charge on any atom is -0.496 e. The standard InChI is InChI=1S/C15H19N3O2/c1-9-5-6-12(7-13(9)20-4)8-14(19)16-15-10(2)11(3)17-18-15/h5-7H,8H2,1-4H3,(H2,16,17,18,19). The van der Waals surface area contributed by atoms with E-state index in [9.17, 15) is 4.79 Å². The first kappa shape index (κ1) is 14.1. The number of rotatable bonds is 4. The summed E-state index contributed by atoms with van der Waals surface area (Å²) in [6.45, 7) is 5.81. The number of ether oxygens (including phenoxy) is 1. The van der Waals surface area contributed by atoms with E-state index in [1.165, 1.54) is 0 Å². The average molecular weight is 273 g/mol. The zero-order valence-electron chi connectivity index (χ0n) is 12.2. The molecule has 1 heterocycles. The molecule has 0 saturated heterocycles. The van der Waals surface area contributed by atoms with Crippen molar-refractivity contribution in [3.8, 4) is 5.75 Å². The molecule has 1 aromatic carbocycles. The van der Waals surface area contributed by atoms with E-state index in [0.717, 1.165) is 28.1 Å². The molecule has 0 spiro atoms. The lowest BCUT2D eigenvalue weighted by Gasteiger charge is -2.08. The Kier molecular flexibility index (Phi) is 4.08. The van der Waals surface area contributed by atoms with E-state index in [1.54, 1.807) is 7.11 Å². The Hall–Kier alpha value is -2.30. The van der Waals surface area contributed by atoms with Crippen LogP contribution in [-0.2, 0) is 11.2 Å². The highest BCUT2D eigenvalue weighted by Crippen LogP contribution is 2.20. The fourth-order valence-electron chi connectivity index (χ4n) is 1.94. The monoisotopic (exact) mass is 273 g/mol. The molecular formula is C15H19N3O2. The van der Waals surface area contributed by atoms with Gasteiger partial charge >= 0.3 is 0 Å². The first-order valence-corrected chi connectivity index (χ1v) is 6.46. The lowest BCUT2D eigenvalue weighted by molar-refractivity contribution is -0.115. The van der Waals surface area contributed by atoms with Crippen LogP contribution in [0.15, 0.2) is 18.2 Å². The van der Waals surface area contributed by atoms with E-state index in [0.29, 0.717) is 12.2 Å². The highest BCUT2D eigenvalue weighted by atomic mass is 16.5. The first-order chi connectivity index (χ1) is 9.51. The van der Waals surface area contributed by atoms with E-state index in [4.69, 9.17) is 4.74 Å². The van der Waals surface area contributed by atoms with Gasteiger partial charge in [0.1, 0.15) is 5.75 Å². The zero-order chi connectivity index (χ0) is 14.7. The number of nitrogens with one attached hydrogen (secondary N) is 2. The Morgan fingerprint density at radius 2 is 2.10 bits per heavy atom. The van der Waals surface area contributed by atoms with Crippen LogP contribution in [0.25, 0.3) is 0 Å². The summed E-state index contributed by atoms with van der Waals surface area (Å²) in [5, 5.41) is 9.72. The van der Waals surface area contributed by atoms with Crippen molar-refractivity contribution in [2.24, 2.45) is 0 Å². The van der Waals surface area contributed by atoms with Crippen LogP contribution >= 0.6 is 0 Å². The van der Waals surface area contributed by atoms with Crippen molar-refractivity contribution < 1.29 is 9.53 Å². The summed E-state index contributed by atoms with van der Waals surface area (Å²) >= 11 is 0. The molecule has 1 aromatic heterocycles. The first-order valence-electron chi connectivity index (χ1n) is 6.46. The third kappa shape index (κ3) is 2.99. The quantitative estimate of drug-likeness (QED) is 0.899. The fraction of sp³-hybridized carbons (Fsp3) is 0.333. The van der Waals surface area contributed by atoms with Gasteiger partial charge < -0.3 is 10.1 Å². The Labute approximate surface area is 118 Å². The van der Waals surface area contributed by atoms with Gasteiger partial charge in [-0.15, -0.1) is 0 Å². The van der Waals surface area contributed by atoms with Crippen LogP contribution in [-0.4, -0.2) is 23.2 Å². The second-order valence-electron chi connectivity index (χ2n) is 4.85. The summed E-state index contributed by atoms with van der Waals surface area (Å²) in [6, 6.07) is 5.77. The number of aryl methyl sites for hydroxylation is 2. The topological polar surface area (TPSA) is 67.0 Å². The minimum absolute atomic E-state index is 0.0921. The highest BCUT2D eigenvalue weighted by Gasteiger charge is 2.11. The van der Waals surface area contributed by atoms with Gasteiger partial charge in [-0.25, -0.2) is 0 Å². The van der Waals surface area contributed by atoms with Crippen molar-refractivity contribution >= 4 is 11.7 Å². The number of nitrogens with zero attached hydrogens (tertiary/aromatic N) is 1. The molecule has 106 valence electrons. The smallest absolute Gasteiger partial charge is 0.230 e. The number of methoxy groups -OCH3 is 1. The lowest BCUT2D eigenvalue weighted by atomic mass is 10.1. The second-order valence-corrected chi connectivity index (χ2v) is 4.85. The Bertz CT molecular complexity index is 632. The molecular weight excluding hydrogens is 254 g/mol. The number of carbonyl (C=O) groups excluding carboxylic acids is 1. The number of benzene rings is 1. The zero-order valence-corrected chi connectivity index (χ0v) is 12.2. The molecule has 2 aromatic rings. The Morgan fingerprint density at radius 3 is 2.70 bits per heavy atom. The van der Waals surface area contributed by atoms with Crippen LogP contribution < -0.4 is 10.1 Å². The molecule has 2 rings (SSSR count). The summed E-state index contributed by atoms with van der Waals surface area (Å²) in [7, 11) is 1.63. The fourth-order valence-corrected chi connectivity index (χ4v) is 1.94. The molecule has 2 N–H and O–H groups in total. The van der Waals surface area contributed by atoms with Gasteiger partial charge in [0.2, 0.25) is 5.91 Å². The summed E-state index contributed by atoms with van der Waals surface area (Å²) < 4.78 is 5.26. The summed E-state index contributed by atoms with van der Waals surface area (Å²) in [5.41, 5.74) is 3.88. The van der Waals surface area contributed by atoms with Crippen molar-refractivity contribution in [2.75, 3.05) is 12.4 Å². The lowest BCUT2D eigenvalue weighted by Crippen LogP contribution is -2.15. The van der Waals surface area contributed by atoms with Gasteiger partial charge in [0.25, 0.3) is 0 Å². The van der Waals surface area contributed by atoms with Gasteiger partial charge in [0.15, 0.2) is 5.82 Å². The summed E-state index contributed by atoms with van der Waals surface area (Å²) in [5.74, 6) is 1.29. The molecule has 0 bridgehead atoms. The molecule has 0 saturated carbocycles. The van der Waals surface area contributed by atoms with Crippen molar-refractivity contribution in [1.29, 1.82) is 0 Å². The van der Waals surface area contributed by atoms with Gasteiger partial charge in [-0.1, -0.05) is 12.1 Å². The average Bonchev–Trinajstić information content (AvgIpc) is 2.73. The third-order valence-electron chi connectivity index (χ3n) is 3.35. The number of aromatic amines is 1. The normalized spacial score (nSPS) is 10.4. The van der Waals surface area contributed by atoms with Gasteiger partial charge in [-0.2, -0.15) is 5.10 Å². The van der Waals surface area contributed by atoms with Crippen molar-refractivity contribution in [1.82, 2.24) is 10.2 Å². The minimum atomic E-state index is -0.0921. The molecule has 0 aliphatic heterocycles. The van der Waals surface area contributed by atoms with Gasteiger partial charge in [0.05, 0.1) is 13.5 Å². The molecule has 0 aliphatic carbocycles. The van der Waals surface area contributed by atoms with Crippen LogP contribution in [0.3, 0.4) is 0 Å². The van der Waals surface area contributed by atoms with Gasteiger partial charge in [0, 0.05) is 11.3 Å². The van der Waals surface area contributed by atoms with Crippen molar-refractivity contribution in [2.45, 2.75) is 27.2 Å². The molecule has 5 nitrogen and oxygen atoms in total. The second kappa shape index (κ2) is 5.77. The molecule has 1 amide bonds. The highest BCUT2D eigenvalue weighted by molar-refractivity contribution is 5.92. The maximum absolute atomic E-state index is 12.0. The summed E-state index contributed by atoms with van der Waals surface area (Å²) in [6.07, 6.45) is 0.294. The molecule has 0 radical (unpaired) electrons. The molecule has 0 fully saturated rings. The molecule has 0 aliphatic rings. The van der Waals surface area contributed by atoms with Crippen LogP contribution in [0.2, 0.25) is 0 Å². The van der Waals surface area contributed by atoms with Crippen LogP contribution in [0.1, 0.15) is 22.4 Å². The molecule has 5 heteroatoms. The van der Waals surface area contributed by atoms with E-state index < -0.39 is 0 Å². The van der Waals surface area contributed by atoms with E-state index >= 15 is 0 Å². The van der Waals surface area contributed by atoms with Crippen LogP contribution in [0, 0.1) is 20.8 Å². The predicted octanol–water partition coefficient (Wildman–Crippen LogP) is 2.52. The number of anilines is 1. The van der Waals surface area contributed by atoms with Crippen LogP contribution in [0.4, 0.5) is 5.82 Å². The largest absolute Gasteiger partial charge is 0.496 e. The van der Waals surface area contributed by atoms with E-state index in [1.807, 2.05) is 39.0 Å². The van der Waals surface area contributed by atoms with Crippen LogP contribution in [0.5, 0.6) is 5.75 Å².